The fourth-order valence-corrected chi connectivity index (χ4v) is 2.28. The van der Waals surface area contributed by atoms with Crippen molar-refractivity contribution in [3.63, 3.8) is 0 Å². The summed E-state index contributed by atoms with van der Waals surface area (Å²) in [4.78, 5) is 2.13. The topological polar surface area (TPSA) is 20.2 Å². The van der Waals surface area contributed by atoms with E-state index >= 15 is 0 Å². The largest absolute Gasteiger partial charge is 0.388 e. The molecule has 0 spiro atoms. The molecule has 0 saturated heterocycles. The molecule has 0 unspecified atom stereocenters. The third kappa shape index (κ3) is 2.67. The highest BCUT2D eigenvalue weighted by molar-refractivity contribution is 9.11. The zero-order chi connectivity index (χ0) is 10.1. The number of allylic oxidation sites excluding steroid dienone is 1. The molecule has 0 bridgehead atoms. The van der Waals surface area contributed by atoms with Gasteiger partial charge in [0.2, 0.25) is 0 Å². The molecule has 3 heteroatoms. The van der Waals surface area contributed by atoms with E-state index in [2.05, 4.69) is 51.8 Å². The Balaban J connectivity index is 2.94. The molecule has 74 valence electrons. The Bertz CT molecular complexity index is 243. The summed E-state index contributed by atoms with van der Waals surface area (Å²) in [5.41, 5.74) is 1.11. The van der Waals surface area contributed by atoms with E-state index in [9.17, 15) is 5.11 Å². The maximum Gasteiger partial charge on any atom is 0.0798 e. The Morgan fingerprint density at radius 1 is 1.62 bits per heavy atom. The van der Waals surface area contributed by atoms with Crippen molar-refractivity contribution in [2.24, 2.45) is 5.41 Å². The highest BCUT2D eigenvalue weighted by Crippen LogP contribution is 2.38. The van der Waals surface area contributed by atoms with E-state index in [-0.39, 0.29) is 11.5 Å². The molecule has 0 aromatic carbocycles. The molecule has 1 aliphatic carbocycles. The molecule has 1 nitrogen and oxygen atoms in total. The number of hydrogen-bond acceptors (Lipinski definition) is 1. The minimum atomic E-state index is -0.341. The van der Waals surface area contributed by atoms with Crippen LogP contribution in [0.1, 0.15) is 20.3 Å². The lowest BCUT2D eigenvalue weighted by atomic mass is 9.78. The van der Waals surface area contributed by atoms with E-state index in [1.807, 2.05) is 6.08 Å². The minimum absolute atomic E-state index is 0.112. The van der Waals surface area contributed by atoms with Gasteiger partial charge in [-0.3, -0.25) is 0 Å². The number of halogens is 2. The Morgan fingerprint density at radius 2 is 2.23 bits per heavy atom. The molecule has 1 N–H and O–H groups in total. The van der Waals surface area contributed by atoms with E-state index in [0.717, 1.165) is 12.0 Å². The van der Waals surface area contributed by atoms with Gasteiger partial charge in [0.1, 0.15) is 0 Å². The van der Waals surface area contributed by atoms with Crippen LogP contribution in [0.25, 0.3) is 0 Å². The van der Waals surface area contributed by atoms with Crippen LogP contribution in [0.15, 0.2) is 22.7 Å². The minimum Gasteiger partial charge on any atom is -0.388 e. The number of hydrogen-bond donors (Lipinski definition) is 1. The van der Waals surface area contributed by atoms with Gasteiger partial charge < -0.3 is 5.11 Å². The standard InChI is InChI=1S/C10H14Br2O/c1-10(2)6-7(3-4-11)8(13)5-9(10)12/h3-4,6,8-9,13H,5H2,1-2H3/b4-3+/t8-,9+/m0/s1. The van der Waals surface area contributed by atoms with Crippen LogP contribution in [0.5, 0.6) is 0 Å². The van der Waals surface area contributed by atoms with Crippen LogP contribution in [-0.2, 0) is 0 Å². The zero-order valence-corrected chi connectivity index (χ0v) is 11.0. The lowest BCUT2D eigenvalue weighted by Gasteiger charge is -2.35. The molecule has 13 heavy (non-hydrogen) atoms. The van der Waals surface area contributed by atoms with Crippen molar-refractivity contribution in [1.82, 2.24) is 0 Å². The fraction of sp³-hybridized carbons (Fsp3) is 0.600. The van der Waals surface area contributed by atoms with Crippen LogP contribution in [0.2, 0.25) is 0 Å². The van der Waals surface area contributed by atoms with Gasteiger partial charge in [0.15, 0.2) is 0 Å². The normalized spacial score (nSPS) is 33.5. The smallest absolute Gasteiger partial charge is 0.0798 e. The predicted octanol–water partition coefficient (Wildman–Crippen LogP) is 3.38. The lowest BCUT2D eigenvalue weighted by Crippen LogP contribution is -2.32. The lowest BCUT2D eigenvalue weighted by molar-refractivity contribution is 0.177. The maximum atomic E-state index is 9.73. The second-order valence-corrected chi connectivity index (χ2v) is 5.61. The van der Waals surface area contributed by atoms with Crippen LogP contribution < -0.4 is 0 Å². The SMILES string of the molecule is CC1(C)C=C(/C=C/Br)[C@@H](O)C[C@H]1Br. The van der Waals surface area contributed by atoms with E-state index in [0.29, 0.717) is 4.83 Å². The Morgan fingerprint density at radius 3 is 2.77 bits per heavy atom. The maximum absolute atomic E-state index is 9.73. The molecule has 2 atom stereocenters. The van der Waals surface area contributed by atoms with Gasteiger partial charge in [0.25, 0.3) is 0 Å². The summed E-state index contributed by atoms with van der Waals surface area (Å²) in [5.74, 6) is 0. The van der Waals surface area contributed by atoms with E-state index in [4.69, 9.17) is 0 Å². The molecule has 0 heterocycles. The van der Waals surface area contributed by atoms with Crippen LogP contribution in [0.4, 0.5) is 0 Å². The molecule has 0 aromatic rings. The van der Waals surface area contributed by atoms with E-state index in [1.54, 1.807) is 4.99 Å². The van der Waals surface area contributed by atoms with Crippen molar-refractivity contribution in [3.8, 4) is 0 Å². The molecular formula is C10H14Br2O. The van der Waals surface area contributed by atoms with Gasteiger partial charge in [0, 0.05) is 4.83 Å². The van der Waals surface area contributed by atoms with Crippen LogP contribution >= 0.6 is 31.9 Å². The van der Waals surface area contributed by atoms with Crippen molar-refractivity contribution in [1.29, 1.82) is 0 Å². The Hall–Kier alpha value is 0.400. The Labute approximate surface area is 96.2 Å². The van der Waals surface area contributed by atoms with Gasteiger partial charge in [-0.25, -0.2) is 0 Å². The summed E-state index contributed by atoms with van der Waals surface area (Å²) in [6.45, 7) is 4.33. The van der Waals surface area contributed by atoms with Gasteiger partial charge in [-0.05, 0) is 28.5 Å². The number of aliphatic hydroxyl groups excluding tert-OH is 1. The monoisotopic (exact) mass is 308 g/mol. The zero-order valence-electron chi connectivity index (χ0n) is 7.80. The van der Waals surface area contributed by atoms with Gasteiger partial charge in [-0.15, -0.1) is 0 Å². The highest BCUT2D eigenvalue weighted by atomic mass is 79.9. The fourth-order valence-electron chi connectivity index (χ4n) is 1.48. The average molecular weight is 310 g/mol. The van der Waals surface area contributed by atoms with Crippen molar-refractivity contribution in [2.45, 2.75) is 31.2 Å². The quantitative estimate of drug-likeness (QED) is 0.736. The van der Waals surface area contributed by atoms with Crippen molar-refractivity contribution in [2.75, 3.05) is 0 Å². The van der Waals surface area contributed by atoms with Gasteiger partial charge in [0.05, 0.1) is 6.10 Å². The number of rotatable bonds is 1. The molecule has 0 fully saturated rings. The third-order valence-electron chi connectivity index (χ3n) is 2.42. The van der Waals surface area contributed by atoms with Crippen molar-refractivity contribution < 1.29 is 5.11 Å². The van der Waals surface area contributed by atoms with Crippen molar-refractivity contribution in [3.05, 3.63) is 22.7 Å². The second-order valence-electron chi connectivity index (χ2n) is 3.98. The molecule has 0 amide bonds. The summed E-state index contributed by atoms with van der Waals surface area (Å²) >= 11 is 6.81. The molecule has 1 rings (SSSR count). The van der Waals surface area contributed by atoms with Crippen LogP contribution in [0, 0.1) is 5.41 Å². The first-order valence-corrected chi connectivity index (χ1v) is 6.12. The predicted molar refractivity (Wildman–Crippen MR) is 63.3 cm³/mol. The van der Waals surface area contributed by atoms with Crippen LogP contribution in [0.3, 0.4) is 0 Å². The van der Waals surface area contributed by atoms with Gasteiger partial charge in [-0.2, -0.15) is 0 Å². The van der Waals surface area contributed by atoms with Gasteiger partial charge >= 0.3 is 0 Å². The molecule has 0 saturated carbocycles. The van der Waals surface area contributed by atoms with Crippen molar-refractivity contribution >= 4 is 31.9 Å². The average Bonchev–Trinajstić information content (AvgIpc) is 2.00. The molecule has 0 aromatic heterocycles. The first-order valence-electron chi connectivity index (χ1n) is 4.29. The third-order valence-corrected chi connectivity index (χ3v) is 4.23. The number of aliphatic hydroxyl groups is 1. The molecule has 0 radical (unpaired) electrons. The summed E-state index contributed by atoms with van der Waals surface area (Å²) in [6.07, 6.45) is 4.46. The summed E-state index contributed by atoms with van der Waals surface area (Å²) < 4.78 is 0. The van der Waals surface area contributed by atoms with Crippen LogP contribution in [-0.4, -0.2) is 16.0 Å². The first kappa shape index (κ1) is 11.5. The first-order chi connectivity index (χ1) is 5.97. The number of alkyl halides is 1. The highest BCUT2D eigenvalue weighted by Gasteiger charge is 2.33. The van der Waals surface area contributed by atoms with E-state index in [1.165, 1.54) is 0 Å². The summed E-state index contributed by atoms with van der Waals surface area (Å²) in [6, 6.07) is 0. The second kappa shape index (κ2) is 4.28. The summed E-state index contributed by atoms with van der Waals surface area (Å²) in [7, 11) is 0. The molecule has 1 aliphatic rings. The molecular weight excluding hydrogens is 296 g/mol. The molecule has 0 aliphatic heterocycles. The van der Waals surface area contributed by atoms with Gasteiger partial charge in [-0.1, -0.05) is 51.8 Å². The summed E-state index contributed by atoms with van der Waals surface area (Å²) in [5, 5.41) is 9.73. The Kier molecular flexibility index (Phi) is 3.78. The van der Waals surface area contributed by atoms with E-state index < -0.39 is 0 Å².